The first-order chi connectivity index (χ1) is 12.9. The fourth-order valence-corrected chi connectivity index (χ4v) is 4.49. The van der Waals surface area contributed by atoms with Gasteiger partial charge in [0.25, 0.3) is 0 Å². The van der Waals surface area contributed by atoms with E-state index in [4.69, 9.17) is 0 Å². The number of Topliss-reactive ketones (excluding diaryl/α,β-unsaturated/α-hetero) is 1. The molecule has 6 nitrogen and oxygen atoms in total. The van der Waals surface area contributed by atoms with E-state index in [1.165, 1.54) is 0 Å². The lowest BCUT2D eigenvalue weighted by molar-refractivity contribution is -0.142. The van der Waals surface area contributed by atoms with E-state index in [2.05, 4.69) is 0 Å². The van der Waals surface area contributed by atoms with Gasteiger partial charge in [0.15, 0.2) is 5.78 Å². The number of carboxylic acid groups (broad SMARTS) is 1. The average molecular weight is 372 g/mol. The van der Waals surface area contributed by atoms with E-state index in [0.717, 1.165) is 19.4 Å². The van der Waals surface area contributed by atoms with E-state index in [1.807, 2.05) is 40.1 Å². The molecule has 0 radical (unpaired) electrons. The Morgan fingerprint density at radius 2 is 1.81 bits per heavy atom. The number of aliphatic carboxylic acids is 1. The molecule has 3 rings (SSSR count). The Balaban J connectivity index is 1.55. The molecule has 1 amide bonds. The molecule has 1 aromatic rings. The summed E-state index contributed by atoms with van der Waals surface area (Å²) < 4.78 is 0. The van der Waals surface area contributed by atoms with Crippen molar-refractivity contribution in [3.8, 4) is 0 Å². The second kappa shape index (κ2) is 8.21. The van der Waals surface area contributed by atoms with E-state index in [-0.39, 0.29) is 17.1 Å². The van der Waals surface area contributed by atoms with Gasteiger partial charge in [-0.25, -0.2) is 0 Å². The first-order valence-corrected chi connectivity index (χ1v) is 9.71. The maximum Gasteiger partial charge on any atom is 0.320 e. The molecule has 1 aromatic carbocycles. The first-order valence-electron chi connectivity index (χ1n) is 9.71. The van der Waals surface area contributed by atoms with Crippen LogP contribution in [-0.4, -0.2) is 64.8 Å². The minimum absolute atomic E-state index is 0.0154. The molecule has 146 valence electrons. The molecule has 0 bridgehead atoms. The number of likely N-dealkylation sites (tertiary alicyclic amines) is 2. The Hall–Kier alpha value is -2.21. The fraction of sp³-hybridized carbons (Fsp3) is 0.571. The Kier molecular flexibility index (Phi) is 5.95. The van der Waals surface area contributed by atoms with Gasteiger partial charge in [-0.1, -0.05) is 30.3 Å². The third-order valence-corrected chi connectivity index (χ3v) is 6.11. The van der Waals surface area contributed by atoms with Crippen molar-refractivity contribution in [1.29, 1.82) is 0 Å². The smallest absolute Gasteiger partial charge is 0.320 e. The van der Waals surface area contributed by atoms with Crippen molar-refractivity contribution in [2.45, 2.75) is 45.1 Å². The number of carboxylic acids is 1. The van der Waals surface area contributed by atoms with Crippen molar-refractivity contribution in [1.82, 2.24) is 9.80 Å². The maximum absolute atomic E-state index is 12.3. The van der Waals surface area contributed by atoms with Crippen molar-refractivity contribution in [2.24, 2.45) is 5.41 Å². The van der Waals surface area contributed by atoms with Gasteiger partial charge in [-0.05, 0) is 37.6 Å². The molecule has 6 heteroatoms. The number of amides is 1. The van der Waals surface area contributed by atoms with Crippen LogP contribution < -0.4 is 0 Å². The molecule has 2 saturated heterocycles. The van der Waals surface area contributed by atoms with Gasteiger partial charge in [0.1, 0.15) is 6.04 Å². The number of rotatable bonds is 6. The van der Waals surface area contributed by atoms with Crippen LogP contribution in [0.2, 0.25) is 0 Å². The van der Waals surface area contributed by atoms with Gasteiger partial charge in [0, 0.05) is 38.5 Å². The lowest BCUT2D eigenvalue weighted by Crippen LogP contribution is -2.43. The predicted molar refractivity (Wildman–Crippen MR) is 102 cm³/mol. The molecule has 1 atom stereocenters. The van der Waals surface area contributed by atoms with Crippen LogP contribution in [0.3, 0.4) is 0 Å². The van der Waals surface area contributed by atoms with Crippen LogP contribution in [0.25, 0.3) is 0 Å². The van der Waals surface area contributed by atoms with Gasteiger partial charge in [-0.2, -0.15) is 0 Å². The van der Waals surface area contributed by atoms with E-state index in [9.17, 15) is 19.5 Å². The standard InChI is InChI=1S/C21H28N2O4/c1-16(24)22-12-9-21(10-13-22)14-18(20(26)27)23(15-21)11-5-8-19(25)17-6-3-2-4-7-17/h2-4,6-7,18H,5,8-15H2,1H3,(H,26,27)/t18-/m1/s1. The normalized spacial score (nSPS) is 22.1. The van der Waals surface area contributed by atoms with Crippen molar-refractivity contribution < 1.29 is 19.5 Å². The minimum atomic E-state index is -0.782. The largest absolute Gasteiger partial charge is 0.480 e. The Morgan fingerprint density at radius 1 is 1.15 bits per heavy atom. The SMILES string of the molecule is CC(=O)N1CCC2(CC1)C[C@H](C(=O)O)N(CCCC(=O)c1ccccc1)C2. The average Bonchev–Trinajstić information content (AvgIpc) is 3.01. The molecule has 0 unspecified atom stereocenters. The summed E-state index contributed by atoms with van der Waals surface area (Å²) >= 11 is 0. The summed E-state index contributed by atoms with van der Waals surface area (Å²) in [4.78, 5) is 39.4. The number of carbonyl (C=O) groups is 3. The van der Waals surface area contributed by atoms with Crippen molar-refractivity contribution >= 4 is 17.7 Å². The van der Waals surface area contributed by atoms with Crippen LogP contribution in [0, 0.1) is 5.41 Å². The summed E-state index contributed by atoms with van der Waals surface area (Å²) in [6.07, 6.45) is 3.44. The summed E-state index contributed by atoms with van der Waals surface area (Å²) in [5.74, 6) is -0.588. The van der Waals surface area contributed by atoms with Gasteiger partial charge in [0.05, 0.1) is 0 Å². The number of hydrogen-bond donors (Lipinski definition) is 1. The molecule has 2 aliphatic heterocycles. The van der Waals surface area contributed by atoms with Crippen LogP contribution in [0.15, 0.2) is 30.3 Å². The number of ketones is 1. The van der Waals surface area contributed by atoms with Gasteiger partial charge < -0.3 is 10.0 Å². The summed E-state index contributed by atoms with van der Waals surface area (Å²) in [5.41, 5.74) is 0.695. The summed E-state index contributed by atoms with van der Waals surface area (Å²) in [5, 5.41) is 9.65. The van der Waals surface area contributed by atoms with Crippen molar-refractivity contribution in [3.63, 3.8) is 0 Å². The monoisotopic (exact) mass is 372 g/mol. The van der Waals surface area contributed by atoms with Gasteiger partial charge in [-0.3, -0.25) is 19.3 Å². The molecule has 1 N–H and O–H groups in total. The van der Waals surface area contributed by atoms with Crippen LogP contribution >= 0.6 is 0 Å². The lowest BCUT2D eigenvalue weighted by Gasteiger charge is -2.39. The second-order valence-corrected chi connectivity index (χ2v) is 7.93. The molecule has 27 heavy (non-hydrogen) atoms. The van der Waals surface area contributed by atoms with Crippen LogP contribution in [0.1, 0.15) is 49.4 Å². The van der Waals surface area contributed by atoms with E-state index < -0.39 is 12.0 Å². The molecule has 0 aliphatic carbocycles. The van der Waals surface area contributed by atoms with Crippen LogP contribution in [0.4, 0.5) is 0 Å². The summed E-state index contributed by atoms with van der Waals surface area (Å²) in [7, 11) is 0. The van der Waals surface area contributed by atoms with E-state index >= 15 is 0 Å². The molecule has 2 aliphatic rings. The highest BCUT2D eigenvalue weighted by Crippen LogP contribution is 2.43. The molecule has 0 saturated carbocycles. The lowest BCUT2D eigenvalue weighted by atomic mass is 9.76. The molecular weight excluding hydrogens is 344 g/mol. The van der Waals surface area contributed by atoms with E-state index in [0.29, 0.717) is 44.5 Å². The van der Waals surface area contributed by atoms with Crippen LogP contribution in [-0.2, 0) is 9.59 Å². The number of benzene rings is 1. The molecular formula is C21H28N2O4. The van der Waals surface area contributed by atoms with Gasteiger partial charge in [0.2, 0.25) is 5.91 Å². The third-order valence-electron chi connectivity index (χ3n) is 6.11. The van der Waals surface area contributed by atoms with Gasteiger partial charge in [-0.15, -0.1) is 0 Å². The fourth-order valence-electron chi connectivity index (χ4n) is 4.49. The van der Waals surface area contributed by atoms with E-state index in [1.54, 1.807) is 6.92 Å². The van der Waals surface area contributed by atoms with Crippen LogP contribution in [0.5, 0.6) is 0 Å². The Labute approximate surface area is 160 Å². The highest BCUT2D eigenvalue weighted by molar-refractivity contribution is 5.95. The molecule has 2 heterocycles. The maximum atomic E-state index is 12.3. The molecule has 1 spiro atoms. The highest BCUT2D eigenvalue weighted by Gasteiger charge is 2.48. The molecule has 2 fully saturated rings. The second-order valence-electron chi connectivity index (χ2n) is 7.93. The van der Waals surface area contributed by atoms with Crippen molar-refractivity contribution in [3.05, 3.63) is 35.9 Å². The predicted octanol–water partition coefficient (Wildman–Crippen LogP) is 2.44. The number of hydrogen-bond acceptors (Lipinski definition) is 4. The third kappa shape index (κ3) is 4.56. The topological polar surface area (TPSA) is 77.9 Å². The molecule has 0 aromatic heterocycles. The zero-order valence-corrected chi connectivity index (χ0v) is 15.9. The Morgan fingerprint density at radius 3 is 2.41 bits per heavy atom. The number of carbonyl (C=O) groups excluding carboxylic acids is 2. The quantitative estimate of drug-likeness (QED) is 0.776. The highest BCUT2D eigenvalue weighted by atomic mass is 16.4. The van der Waals surface area contributed by atoms with Gasteiger partial charge >= 0.3 is 5.97 Å². The summed E-state index contributed by atoms with van der Waals surface area (Å²) in [6, 6.07) is 8.73. The summed E-state index contributed by atoms with van der Waals surface area (Å²) in [6.45, 7) is 4.37. The number of piperidine rings is 1. The minimum Gasteiger partial charge on any atom is -0.480 e. The van der Waals surface area contributed by atoms with Crippen molar-refractivity contribution in [2.75, 3.05) is 26.2 Å². The number of nitrogens with zero attached hydrogens (tertiary/aromatic N) is 2. The Bertz CT molecular complexity index is 695. The first kappa shape index (κ1) is 19.5. The zero-order valence-electron chi connectivity index (χ0n) is 15.9. The zero-order chi connectivity index (χ0) is 19.4.